The van der Waals surface area contributed by atoms with Gasteiger partial charge in [0.25, 0.3) is 0 Å². The summed E-state index contributed by atoms with van der Waals surface area (Å²) in [5.74, 6) is 0. The van der Waals surface area contributed by atoms with Gasteiger partial charge in [-0.15, -0.1) is 0 Å². The number of hydrogen-bond acceptors (Lipinski definition) is 2. The van der Waals surface area contributed by atoms with Crippen molar-refractivity contribution in [3.63, 3.8) is 0 Å². The monoisotopic (exact) mass is 426 g/mol. The maximum Gasteiger partial charge on any atom is 0.249 e. The van der Waals surface area contributed by atoms with Crippen LogP contribution in [0.15, 0.2) is 87.5 Å². The van der Waals surface area contributed by atoms with Crippen molar-refractivity contribution in [1.82, 2.24) is 0 Å². The Morgan fingerprint density at radius 3 is 1.04 bits per heavy atom. The van der Waals surface area contributed by atoms with Crippen LogP contribution >= 0.6 is 34.8 Å². The number of halogens is 3. The summed E-state index contributed by atoms with van der Waals surface area (Å²) in [6, 6.07) is 23.9. The fraction of sp³-hybridized carbons (Fsp3) is 0. The maximum absolute atomic E-state index is 8.44. The van der Waals surface area contributed by atoms with Gasteiger partial charge < -0.3 is 15.0 Å². The van der Waals surface area contributed by atoms with Gasteiger partial charge in [0.2, 0.25) is 6.16 Å². The molecule has 0 aromatic heterocycles. The van der Waals surface area contributed by atoms with Crippen LogP contribution in [-0.2, 0) is 10.9 Å². The summed E-state index contributed by atoms with van der Waals surface area (Å²) in [5, 5.41) is 17.5. The fourth-order valence-corrected chi connectivity index (χ4v) is 4.54. The minimum absolute atomic E-state index is 0.215. The van der Waals surface area contributed by atoms with Crippen LogP contribution < -0.4 is 5.11 Å². The molecule has 0 unspecified atom stereocenters. The second-order valence-corrected chi connectivity index (χ2v) is 8.27. The van der Waals surface area contributed by atoms with Crippen molar-refractivity contribution in [2.45, 2.75) is 14.7 Å². The summed E-state index contributed by atoms with van der Waals surface area (Å²) < 4.78 is 0. The molecule has 0 atom stereocenters. The molecule has 26 heavy (non-hydrogen) atoms. The SMILES string of the molecule is Clc1ccc([S+](c2ccc(Cl)cc2)c2ccc(Cl)cc2)cc1.O=C([O-])O. The van der Waals surface area contributed by atoms with E-state index in [1.165, 1.54) is 14.7 Å². The van der Waals surface area contributed by atoms with Gasteiger partial charge in [-0.05, 0) is 72.8 Å². The molecule has 0 radical (unpaired) electrons. The highest BCUT2D eigenvalue weighted by molar-refractivity contribution is 7.97. The third kappa shape index (κ3) is 6.15. The third-order valence-electron chi connectivity index (χ3n) is 3.15. The average Bonchev–Trinajstić information content (AvgIpc) is 2.60. The zero-order valence-electron chi connectivity index (χ0n) is 13.2. The van der Waals surface area contributed by atoms with Crippen molar-refractivity contribution < 1.29 is 15.0 Å². The maximum atomic E-state index is 8.44. The van der Waals surface area contributed by atoms with Crippen molar-refractivity contribution in [3.8, 4) is 0 Å². The Kier molecular flexibility index (Phi) is 7.66. The second-order valence-electron chi connectivity index (χ2n) is 4.93. The van der Waals surface area contributed by atoms with Crippen LogP contribution in [0, 0.1) is 0 Å². The number of hydrogen-bond donors (Lipinski definition) is 1. The quantitative estimate of drug-likeness (QED) is 0.551. The molecular formula is C19H13Cl3O3S. The van der Waals surface area contributed by atoms with Crippen LogP contribution in [0.1, 0.15) is 0 Å². The van der Waals surface area contributed by atoms with Gasteiger partial charge in [-0.2, -0.15) is 0 Å². The first-order chi connectivity index (χ1) is 12.4. The molecule has 1 N–H and O–H groups in total. The lowest BCUT2D eigenvalue weighted by atomic mass is 10.3. The van der Waals surface area contributed by atoms with Gasteiger partial charge in [-0.3, -0.25) is 0 Å². The van der Waals surface area contributed by atoms with Crippen molar-refractivity contribution >= 4 is 51.9 Å². The topological polar surface area (TPSA) is 60.4 Å². The van der Waals surface area contributed by atoms with E-state index in [2.05, 4.69) is 36.4 Å². The normalized spacial score (nSPS) is 10.2. The standard InChI is InChI=1S/C18H12Cl3S.CH2O3/c19-13-1-7-16(8-2-13)22(17-9-3-14(20)4-10-17)18-11-5-15(21)6-12-18;2-1(3)4/h1-12H;(H2,2,3,4)/q+1;/p-1. The van der Waals surface area contributed by atoms with Crippen LogP contribution in [0.2, 0.25) is 15.1 Å². The summed E-state index contributed by atoms with van der Waals surface area (Å²) in [4.78, 5) is 12.1. The van der Waals surface area contributed by atoms with Crippen LogP contribution in [0.25, 0.3) is 0 Å². The molecule has 0 fully saturated rings. The predicted molar refractivity (Wildman–Crippen MR) is 105 cm³/mol. The third-order valence-corrected chi connectivity index (χ3v) is 6.13. The average molecular weight is 428 g/mol. The summed E-state index contributed by atoms with van der Waals surface area (Å²) >= 11 is 18.1. The molecule has 0 aliphatic rings. The van der Waals surface area contributed by atoms with E-state index in [1.807, 2.05) is 36.4 Å². The zero-order valence-corrected chi connectivity index (χ0v) is 16.3. The Hall–Kier alpha value is -1.85. The highest BCUT2D eigenvalue weighted by atomic mass is 35.5. The van der Waals surface area contributed by atoms with Crippen molar-refractivity contribution in [2.75, 3.05) is 0 Å². The molecule has 0 spiro atoms. The molecule has 134 valence electrons. The molecule has 3 rings (SSSR count). The van der Waals surface area contributed by atoms with E-state index < -0.39 is 6.16 Å². The van der Waals surface area contributed by atoms with Crippen LogP contribution in [-0.4, -0.2) is 11.3 Å². The largest absolute Gasteiger partial charge is 0.565 e. The van der Waals surface area contributed by atoms with E-state index in [-0.39, 0.29) is 10.9 Å². The summed E-state index contributed by atoms with van der Waals surface area (Å²) in [7, 11) is -0.215. The Labute approximate surface area is 169 Å². The van der Waals surface area contributed by atoms with Gasteiger partial charge in [0.15, 0.2) is 14.7 Å². The van der Waals surface area contributed by atoms with Crippen LogP contribution in [0.5, 0.6) is 0 Å². The molecule has 0 bridgehead atoms. The first kappa shape index (κ1) is 20.5. The molecule has 3 aromatic carbocycles. The molecule has 0 saturated heterocycles. The van der Waals surface area contributed by atoms with Crippen molar-refractivity contribution in [3.05, 3.63) is 87.9 Å². The van der Waals surface area contributed by atoms with Gasteiger partial charge in [0.1, 0.15) is 0 Å². The molecule has 0 saturated carbocycles. The second kappa shape index (κ2) is 9.74. The van der Waals surface area contributed by atoms with Gasteiger partial charge in [-0.1, -0.05) is 34.8 Å². The molecule has 7 heteroatoms. The van der Waals surface area contributed by atoms with Gasteiger partial charge in [-0.25, -0.2) is 0 Å². The fourth-order valence-electron chi connectivity index (χ4n) is 2.12. The van der Waals surface area contributed by atoms with Gasteiger partial charge in [0, 0.05) is 15.1 Å². The van der Waals surface area contributed by atoms with Crippen LogP contribution in [0.4, 0.5) is 4.79 Å². The van der Waals surface area contributed by atoms with E-state index in [0.717, 1.165) is 15.1 Å². The Morgan fingerprint density at radius 2 is 0.846 bits per heavy atom. The van der Waals surface area contributed by atoms with Crippen molar-refractivity contribution in [2.24, 2.45) is 0 Å². The number of carboxylic acid groups (broad SMARTS) is 2. The first-order valence-electron chi connectivity index (χ1n) is 7.28. The summed E-state index contributed by atoms with van der Waals surface area (Å²) in [5.41, 5.74) is 0. The summed E-state index contributed by atoms with van der Waals surface area (Å²) in [6.07, 6.45) is -2.08. The molecule has 0 amide bonds. The molecular weight excluding hydrogens is 415 g/mol. The Bertz CT molecular complexity index is 739. The molecule has 0 heterocycles. The minimum Gasteiger partial charge on any atom is -0.565 e. The van der Waals surface area contributed by atoms with Gasteiger partial charge in [0.05, 0.1) is 10.9 Å². The lowest BCUT2D eigenvalue weighted by Gasteiger charge is -2.08. The predicted octanol–water partition coefficient (Wildman–Crippen LogP) is 5.63. The Morgan fingerprint density at radius 1 is 0.654 bits per heavy atom. The van der Waals surface area contributed by atoms with E-state index >= 15 is 0 Å². The summed E-state index contributed by atoms with van der Waals surface area (Å²) in [6.45, 7) is 0. The minimum atomic E-state index is -2.08. The smallest absolute Gasteiger partial charge is 0.249 e. The van der Waals surface area contributed by atoms with Crippen molar-refractivity contribution in [1.29, 1.82) is 0 Å². The van der Waals surface area contributed by atoms with E-state index in [1.54, 1.807) is 0 Å². The Balaban J connectivity index is 0.000000552. The number of carbonyl (C=O) groups is 1. The van der Waals surface area contributed by atoms with E-state index in [0.29, 0.717) is 0 Å². The number of benzene rings is 3. The number of rotatable bonds is 3. The molecule has 3 nitrogen and oxygen atoms in total. The van der Waals surface area contributed by atoms with E-state index in [4.69, 9.17) is 49.8 Å². The highest BCUT2D eigenvalue weighted by Gasteiger charge is 2.28. The first-order valence-corrected chi connectivity index (χ1v) is 9.63. The van der Waals surface area contributed by atoms with E-state index in [9.17, 15) is 0 Å². The zero-order chi connectivity index (χ0) is 19.1. The molecule has 0 aliphatic carbocycles. The molecule has 3 aromatic rings. The van der Waals surface area contributed by atoms with Gasteiger partial charge >= 0.3 is 0 Å². The lowest BCUT2D eigenvalue weighted by Crippen LogP contribution is -2.17. The molecule has 0 aliphatic heterocycles. The lowest BCUT2D eigenvalue weighted by molar-refractivity contribution is -0.275. The van der Waals surface area contributed by atoms with Crippen LogP contribution in [0.3, 0.4) is 0 Å². The highest BCUT2D eigenvalue weighted by Crippen LogP contribution is 2.33.